The van der Waals surface area contributed by atoms with Crippen LogP contribution in [0.5, 0.6) is 0 Å². The zero-order valence-electron chi connectivity index (χ0n) is 10.9. The number of likely N-dealkylation sites (tertiary alicyclic amines) is 1. The monoisotopic (exact) mass is 251 g/mol. The molecule has 0 saturated carbocycles. The molecule has 100 valence electrons. The summed E-state index contributed by atoms with van der Waals surface area (Å²) in [6, 6.07) is 2.24. The minimum absolute atomic E-state index is 0.212. The summed E-state index contributed by atoms with van der Waals surface area (Å²) in [6.45, 7) is 1.95. The highest BCUT2D eigenvalue weighted by molar-refractivity contribution is 5.67. The molecule has 5 heteroatoms. The molecule has 1 aromatic rings. The molecule has 1 fully saturated rings. The zero-order chi connectivity index (χ0) is 13.0. The fraction of sp³-hybridized carbons (Fsp3) is 0.692. The first-order valence-electron chi connectivity index (χ1n) is 6.59. The van der Waals surface area contributed by atoms with Crippen LogP contribution in [0.1, 0.15) is 31.4 Å². The summed E-state index contributed by atoms with van der Waals surface area (Å²) in [5, 5.41) is 13.1. The standard InChI is InChI=1S/C13H21N3O2/c1-15-11(5-7-14-15)6-9-16-8-3-2-4-12(16)10-13(17)18/h5,7,12H,2-4,6,8-10H2,1H3,(H,17,18). The van der Waals surface area contributed by atoms with Crippen LogP contribution in [-0.4, -0.2) is 44.9 Å². The highest BCUT2D eigenvalue weighted by atomic mass is 16.4. The van der Waals surface area contributed by atoms with Crippen molar-refractivity contribution in [3.63, 3.8) is 0 Å². The van der Waals surface area contributed by atoms with Crippen molar-refractivity contribution in [3.8, 4) is 0 Å². The highest BCUT2D eigenvalue weighted by Crippen LogP contribution is 2.20. The van der Waals surface area contributed by atoms with Crippen LogP contribution in [0.3, 0.4) is 0 Å². The van der Waals surface area contributed by atoms with E-state index in [9.17, 15) is 4.79 Å². The Bertz CT molecular complexity index is 403. The maximum atomic E-state index is 10.9. The van der Waals surface area contributed by atoms with Crippen molar-refractivity contribution < 1.29 is 9.90 Å². The van der Waals surface area contributed by atoms with E-state index in [1.54, 1.807) is 6.20 Å². The van der Waals surface area contributed by atoms with Crippen LogP contribution in [0.2, 0.25) is 0 Å². The fourth-order valence-electron chi connectivity index (χ4n) is 2.69. The minimum atomic E-state index is -0.688. The first-order valence-corrected chi connectivity index (χ1v) is 6.59. The van der Waals surface area contributed by atoms with Crippen molar-refractivity contribution in [1.82, 2.24) is 14.7 Å². The predicted octanol–water partition coefficient (Wildman–Crippen LogP) is 1.29. The van der Waals surface area contributed by atoms with Crippen LogP contribution < -0.4 is 0 Å². The van der Waals surface area contributed by atoms with E-state index in [4.69, 9.17) is 5.11 Å². The SMILES string of the molecule is Cn1nccc1CCN1CCCCC1CC(=O)O. The average Bonchev–Trinajstić information content (AvgIpc) is 2.73. The number of carboxylic acid groups (broad SMARTS) is 1. The number of nitrogens with zero attached hydrogens (tertiary/aromatic N) is 3. The molecule has 18 heavy (non-hydrogen) atoms. The Morgan fingerprint density at radius 1 is 1.56 bits per heavy atom. The zero-order valence-corrected chi connectivity index (χ0v) is 10.9. The van der Waals surface area contributed by atoms with Crippen molar-refractivity contribution in [2.75, 3.05) is 13.1 Å². The second-order valence-electron chi connectivity index (χ2n) is 4.98. The third-order valence-electron chi connectivity index (χ3n) is 3.74. The Balaban J connectivity index is 1.89. The van der Waals surface area contributed by atoms with Crippen LogP contribution in [0, 0.1) is 0 Å². The fourth-order valence-corrected chi connectivity index (χ4v) is 2.69. The summed E-state index contributed by atoms with van der Waals surface area (Å²) in [5.74, 6) is -0.688. The molecule has 2 heterocycles. The van der Waals surface area contributed by atoms with Gasteiger partial charge in [0.15, 0.2) is 0 Å². The molecular weight excluding hydrogens is 230 g/mol. The van der Waals surface area contributed by atoms with E-state index in [1.165, 1.54) is 12.1 Å². The van der Waals surface area contributed by atoms with Crippen molar-refractivity contribution in [1.29, 1.82) is 0 Å². The quantitative estimate of drug-likeness (QED) is 0.856. The lowest BCUT2D eigenvalue weighted by atomic mass is 9.99. The molecule has 0 aliphatic carbocycles. The average molecular weight is 251 g/mol. The first-order chi connectivity index (χ1) is 8.66. The van der Waals surface area contributed by atoms with Gasteiger partial charge in [0.25, 0.3) is 0 Å². The molecule has 1 unspecified atom stereocenters. The summed E-state index contributed by atoms with van der Waals surface area (Å²) in [6.07, 6.45) is 6.36. The van der Waals surface area contributed by atoms with Crippen LogP contribution in [-0.2, 0) is 18.3 Å². The number of piperidine rings is 1. The highest BCUT2D eigenvalue weighted by Gasteiger charge is 2.24. The van der Waals surface area contributed by atoms with Crippen LogP contribution in [0.4, 0.5) is 0 Å². The molecule has 1 saturated heterocycles. The minimum Gasteiger partial charge on any atom is -0.481 e. The van der Waals surface area contributed by atoms with Gasteiger partial charge >= 0.3 is 5.97 Å². The summed E-state index contributed by atoms with van der Waals surface area (Å²) in [7, 11) is 1.94. The lowest BCUT2D eigenvalue weighted by Crippen LogP contribution is -2.42. The number of carbonyl (C=O) groups is 1. The van der Waals surface area contributed by atoms with Gasteiger partial charge in [0, 0.05) is 37.9 Å². The van der Waals surface area contributed by atoms with Crippen LogP contribution in [0.25, 0.3) is 0 Å². The van der Waals surface area contributed by atoms with Gasteiger partial charge in [0.1, 0.15) is 0 Å². The first kappa shape index (κ1) is 13.1. The predicted molar refractivity (Wildman–Crippen MR) is 68.4 cm³/mol. The Morgan fingerprint density at radius 3 is 3.06 bits per heavy atom. The summed E-state index contributed by atoms with van der Waals surface area (Å²) < 4.78 is 1.89. The lowest BCUT2D eigenvalue weighted by Gasteiger charge is -2.34. The number of aliphatic carboxylic acids is 1. The van der Waals surface area contributed by atoms with E-state index in [1.807, 2.05) is 17.8 Å². The van der Waals surface area contributed by atoms with E-state index >= 15 is 0 Å². The third kappa shape index (κ3) is 3.32. The smallest absolute Gasteiger partial charge is 0.304 e. The van der Waals surface area contributed by atoms with Gasteiger partial charge < -0.3 is 5.11 Å². The normalized spacial score (nSPS) is 21.1. The van der Waals surface area contributed by atoms with E-state index in [-0.39, 0.29) is 12.5 Å². The molecule has 2 rings (SSSR count). The number of hydrogen-bond acceptors (Lipinski definition) is 3. The number of hydrogen-bond donors (Lipinski definition) is 1. The van der Waals surface area contributed by atoms with E-state index in [2.05, 4.69) is 10.00 Å². The molecule has 5 nitrogen and oxygen atoms in total. The number of aryl methyl sites for hydroxylation is 1. The molecular formula is C13H21N3O2. The molecule has 1 aliphatic rings. The van der Waals surface area contributed by atoms with Crippen molar-refractivity contribution in [3.05, 3.63) is 18.0 Å². The van der Waals surface area contributed by atoms with Gasteiger partial charge in [0.2, 0.25) is 0 Å². The van der Waals surface area contributed by atoms with Crippen molar-refractivity contribution >= 4 is 5.97 Å². The Hall–Kier alpha value is -1.36. The van der Waals surface area contributed by atoms with Gasteiger partial charge in [-0.3, -0.25) is 14.4 Å². The molecule has 1 N–H and O–H groups in total. The lowest BCUT2D eigenvalue weighted by molar-refractivity contribution is -0.138. The van der Waals surface area contributed by atoms with E-state index in [0.29, 0.717) is 0 Å². The van der Waals surface area contributed by atoms with Crippen LogP contribution >= 0.6 is 0 Å². The molecule has 1 atom stereocenters. The molecule has 0 bridgehead atoms. The molecule has 1 aromatic heterocycles. The summed E-state index contributed by atoms with van der Waals surface area (Å²) in [4.78, 5) is 13.2. The van der Waals surface area contributed by atoms with Gasteiger partial charge in [-0.1, -0.05) is 6.42 Å². The van der Waals surface area contributed by atoms with Gasteiger partial charge in [-0.25, -0.2) is 0 Å². The Morgan fingerprint density at radius 2 is 2.39 bits per heavy atom. The van der Waals surface area contributed by atoms with Crippen LogP contribution in [0.15, 0.2) is 12.3 Å². The van der Waals surface area contributed by atoms with Gasteiger partial charge in [-0.05, 0) is 25.5 Å². The topological polar surface area (TPSA) is 58.4 Å². The van der Waals surface area contributed by atoms with Gasteiger partial charge in [-0.15, -0.1) is 0 Å². The second kappa shape index (κ2) is 6.00. The largest absolute Gasteiger partial charge is 0.481 e. The third-order valence-corrected chi connectivity index (χ3v) is 3.74. The van der Waals surface area contributed by atoms with Gasteiger partial charge in [-0.2, -0.15) is 5.10 Å². The van der Waals surface area contributed by atoms with Crippen molar-refractivity contribution in [2.24, 2.45) is 7.05 Å². The number of rotatable bonds is 5. The number of carboxylic acids is 1. The Labute approximate surface area is 107 Å². The molecule has 0 radical (unpaired) electrons. The molecule has 0 spiro atoms. The second-order valence-corrected chi connectivity index (χ2v) is 4.98. The molecule has 0 amide bonds. The summed E-state index contributed by atoms with van der Waals surface area (Å²) in [5.41, 5.74) is 1.20. The van der Waals surface area contributed by atoms with E-state index in [0.717, 1.165) is 32.4 Å². The molecule has 0 aromatic carbocycles. The maximum absolute atomic E-state index is 10.9. The molecule has 1 aliphatic heterocycles. The van der Waals surface area contributed by atoms with E-state index < -0.39 is 5.97 Å². The number of aromatic nitrogens is 2. The van der Waals surface area contributed by atoms with Crippen molar-refractivity contribution in [2.45, 2.75) is 38.1 Å². The summed E-state index contributed by atoms with van der Waals surface area (Å²) >= 11 is 0. The Kier molecular flexibility index (Phi) is 4.36. The maximum Gasteiger partial charge on any atom is 0.304 e. The van der Waals surface area contributed by atoms with Gasteiger partial charge in [0.05, 0.1) is 6.42 Å².